The monoisotopic (exact) mass is 193 g/mol. The highest BCUT2D eigenvalue weighted by Gasteiger charge is 2.05. The van der Waals surface area contributed by atoms with Crippen LogP contribution in [0.25, 0.3) is 0 Å². The van der Waals surface area contributed by atoms with Crippen LogP contribution in [-0.4, -0.2) is 23.6 Å². The SMILES string of the molecule is C=CCCOc1ncnc(NC)c1C. The Morgan fingerprint density at radius 1 is 1.57 bits per heavy atom. The van der Waals surface area contributed by atoms with Crippen molar-refractivity contribution in [3.05, 3.63) is 24.5 Å². The van der Waals surface area contributed by atoms with E-state index in [4.69, 9.17) is 4.74 Å². The van der Waals surface area contributed by atoms with Gasteiger partial charge in [0.25, 0.3) is 0 Å². The molecule has 0 saturated carbocycles. The number of hydrogen-bond acceptors (Lipinski definition) is 4. The lowest BCUT2D eigenvalue weighted by atomic mass is 10.3. The predicted molar refractivity (Wildman–Crippen MR) is 56.6 cm³/mol. The van der Waals surface area contributed by atoms with Gasteiger partial charge in [0.15, 0.2) is 0 Å². The van der Waals surface area contributed by atoms with Gasteiger partial charge in [-0.3, -0.25) is 0 Å². The molecule has 1 rings (SSSR count). The van der Waals surface area contributed by atoms with E-state index in [2.05, 4.69) is 21.9 Å². The zero-order chi connectivity index (χ0) is 10.4. The van der Waals surface area contributed by atoms with E-state index in [-0.39, 0.29) is 0 Å². The number of ether oxygens (including phenoxy) is 1. The molecule has 0 atom stereocenters. The lowest BCUT2D eigenvalue weighted by Crippen LogP contribution is -2.03. The van der Waals surface area contributed by atoms with Crippen LogP contribution in [0.4, 0.5) is 5.82 Å². The summed E-state index contributed by atoms with van der Waals surface area (Å²) in [5.41, 5.74) is 0.930. The molecule has 0 saturated heterocycles. The summed E-state index contributed by atoms with van der Waals surface area (Å²) in [7, 11) is 1.82. The van der Waals surface area contributed by atoms with Crippen molar-refractivity contribution >= 4 is 5.82 Å². The molecule has 0 aromatic carbocycles. The second-order valence-electron chi connectivity index (χ2n) is 2.83. The van der Waals surface area contributed by atoms with Crippen LogP contribution in [-0.2, 0) is 0 Å². The van der Waals surface area contributed by atoms with Gasteiger partial charge in [-0.2, -0.15) is 0 Å². The van der Waals surface area contributed by atoms with Gasteiger partial charge >= 0.3 is 0 Å². The maximum atomic E-state index is 5.46. The fourth-order valence-electron chi connectivity index (χ4n) is 1.07. The zero-order valence-electron chi connectivity index (χ0n) is 8.58. The van der Waals surface area contributed by atoms with Crippen molar-refractivity contribution in [2.45, 2.75) is 13.3 Å². The maximum absolute atomic E-state index is 5.46. The number of hydrogen-bond donors (Lipinski definition) is 1. The van der Waals surface area contributed by atoms with Crippen LogP contribution >= 0.6 is 0 Å². The Morgan fingerprint density at radius 3 is 3.00 bits per heavy atom. The highest BCUT2D eigenvalue weighted by atomic mass is 16.5. The number of anilines is 1. The summed E-state index contributed by atoms with van der Waals surface area (Å²) in [6.07, 6.45) is 4.12. The fourth-order valence-corrected chi connectivity index (χ4v) is 1.07. The van der Waals surface area contributed by atoms with Gasteiger partial charge in [0.2, 0.25) is 5.88 Å². The van der Waals surface area contributed by atoms with Gasteiger partial charge in [-0.25, -0.2) is 9.97 Å². The van der Waals surface area contributed by atoms with E-state index in [1.54, 1.807) is 0 Å². The molecule has 0 unspecified atom stereocenters. The van der Waals surface area contributed by atoms with E-state index in [1.807, 2.05) is 20.0 Å². The van der Waals surface area contributed by atoms with E-state index in [0.29, 0.717) is 12.5 Å². The molecule has 4 heteroatoms. The van der Waals surface area contributed by atoms with Crippen molar-refractivity contribution in [2.75, 3.05) is 19.0 Å². The van der Waals surface area contributed by atoms with Gasteiger partial charge in [-0.05, 0) is 13.3 Å². The summed E-state index contributed by atoms with van der Waals surface area (Å²) >= 11 is 0. The molecular formula is C10H15N3O. The van der Waals surface area contributed by atoms with E-state index in [1.165, 1.54) is 6.33 Å². The standard InChI is InChI=1S/C10H15N3O/c1-4-5-6-14-10-8(2)9(11-3)12-7-13-10/h4,7H,1,5-6H2,2-3H3,(H,11,12,13). The molecule has 14 heavy (non-hydrogen) atoms. The number of aromatic nitrogens is 2. The number of nitrogens with zero attached hydrogens (tertiary/aromatic N) is 2. The average Bonchev–Trinajstić information content (AvgIpc) is 2.21. The van der Waals surface area contributed by atoms with Crippen molar-refractivity contribution in [1.82, 2.24) is 9.97 Å². The molecule has 0 aliphatic rings. The van der Waals surface area contributed by atoms with E-state index in [9.17, 15) is 0 Å². The van der Waals surface area contributed by atoms with Crippen LogP contribution in [0, 0.1) is 6.92 Å². The first-order chi connectivity index (χ1) is 6.79. The molecule has 0 amide bonds. The van der Waals surface area contributed by atoms with Crippen molar-refractivity contribution in [3.8, 4) is 5.88 Å². The third-order valence-electron chi connectivity index (χ3n) is 1.84. The molecule has 1 heterocycles. The Hall–Kier alpha value is -1.58. The summed E-state index contributed by atoms with van der Waals surface area (Å²) < 4.78 is 5.46. The van der Waals surface area contributed by atoms with Crippen LogP contribution in [0.1, 0.15) is 12.0 Å². The van der Waals surface area contributed by atoms with Crippen LogP contribution in [0.2, 0.25) is 0 Å². The minimum absolute atomic E-state index is 0.602. The van der Waals surface area contributed by atoms with Gasteiger partial charge in [-0.15, -0.1) is 6.58 Å². The molecule has 0 bridgehead atoms. The van der Waals surface area contributed by atoms with Gasteiger partial charge in [0, 0.05) is 7.05 Å². The van der Waals surface area contributed by atoms with Crippen LogP contribution in [0.5, 0.6) is 5.88 Å². The maximum Gasteiger partial charge on any atom is 0.221 e. The lowest BCUT2D eigenvalue weighted by Gasteiger charge is -2.09. The third-order valence-corrected chi connectivity index (χ3v) is 1.84. The molecule has 1 aromatic heterocycles. The number of nitrogens with one attached hydrogen (secondary N) is 1. The van der Waals surface area contributed by atoms with Crippen molar-refractivity contribution in [2.24, 2.45) is 0 Å². The Morgan fingerprint density at radius 2 is 2.36 bits per heavy atom. The van der Waals surface area contributed by atoms with Crippen molar-refractivity contribution in [3.63, 3.8) is 0 Å². The molecular weight excluding hydrogens is 178 g/mol. The molecule has 0 radical (unpaired) electrons. The topological polar surface area (TPSA) is 47.0 Å². The van der Waals surface area contributed by atoms with E-state index >= 15 is 0 Å². The quantitative estimate of drug-likeness (QED) is 0.572. The van der Waals surface area contributed by atoms with E-state index in [0.717, 1.165) is 17.8 Å². The molecule has 1 N–H and O–H groups in total. The van der Waals surface area contributed by atoms with Gasteiger partial charge < -0.3 is 10.1 Å². The predicted octanol–water partition coefficient (Wildman–Crippen LogP) is 1.78. The van der Waals surface area contributed by atoms with Crippen molar-refractivity contribution in [1.29, 1.82) is 0 Å². The first kappa shape index (κ1) is 10.5. The first-order valence-corrected chi connectivity index (χ1v) is 4.52. The van der Waals surface area contributed by atoms with Crippen LogP contribution in [0.3, 0.4) is 0 Å². The highest BCUT2D eigenvalue weighted by Crippen LogP contribution is 2.19. The summed E-state index contributed by atoms with van der Waals surface area (Å²) in [4.78, 5) is 8.11. The van der Waals surface area contributed by atoms with Gasteiger partial charge in [0.05, 0.1) is 12.2 Å². The molecule has 1 aromatic rings. The number of rotatable bonds is 5. The minimum Gasteiger partial charge on any atom is -0.477 e. The smallest absolute Gasteiger partial charge is 0.221 e. The van der Waals surface area contributed by atoms with E-state index < -0.39 is 0 Å². The third kappa shape index (κ3) is 2.45. The molecule has 0 spiro atoms. The lowest BCUT2D eigenvalue weighted by molar-refractivity contribution is 0.309. The second kappa shape index (κ2) is 5.21. The van der Waals surface area contributed by atoms with Crippen LogP contribution in [0.15, 0.2) is 19.0 Å². The second-order valence-corrected chi connectivity index (χ2v) is 2.83. The van der Waals surface area contributed by atoms with Gasteiger partial charge in [-0.1, -0.05) is 6.08 Å². The average molecular weight is 193 g/mol. The Kier molecular flexibility index (Phi) is 3.91. The van der Waals surface area contributed by atoms with Gasteiger partial charge in [0.1, 0.15) is 12.1 Å². The molecule has 76 valence electrons. The zero-order valence-corrected chi connectivity index (χ0v) is 8.58. The molecule has 0 aliphatic carbocycles. The fraction of sp³-hybridized carbons (Fsp3) is 0.400. The summed E-state index contributed by atoms with van der Waals surface area (Å²) in [5, 5.41) is 2.97. The van der Waals surface area contributed by atoms with Crippen LogP contribution < -0.4 is 10.1 Å². The Labute approximate surface area is 84.0 Å². The molecule has 0 aliphatic heterocycles. The highest BCUT2D eigenvalue weighted by molar-refractivity contribution is 5.46. The normalized spacial score (nSPS) is 9.57. The first-order valence-electron chi connectivity index (χ1n) is 4.52. The van der Waals surface area contributed by atoms with Crippen molar-refractivity contribution < 1.29 is 4.74 Å². The molecule has 4 nitrogen and oxygen atoms in total. The Bertz CT molecular complexity index is 312. The summed E-state index contributed by atoms with van der Waals surface area (Å²) in [6.45, 7) is 6.15. The minimum atomic E-state index is 0.602. The molecule has 0 fully saturated rings. The summed E-state index contributed by atoms with van der Waals surface area (Å²) in [6, 6.07) is 0. The summed E-state index contributed by atoms with van der Waals surface area (Å²) in [5.74, 6) is 1.43. The largest absolute Gasteiger partial charge is 0.477 e. The Balaban J connectivity index is 2.71.